The predicted molar refractivity (Wildman–Crippen MR) is 103 cm³/mol. The second-order valence-corrected chi connectivity index (χ2v) is 7.70. The molecule has 6 heteroatoms. The van der Waals surface area contributed by atoms with E-state index in [1.165, 1.54) is 0 Å². The molecule has 2 aliphatic rings. The summed E-state index contributed by atoms with van der Waals surface area (Å²) in [5.74, 6) is 1.33. The highest BCUT2D eigenvalue weighted by Gasteiger charge is 2.30. The normalized spacial score (nSPS) is 20.6. The third kappa shape index (κ3) is 5.22. The third-order valence-corrected chi connectivity index (χ3v) is 4.98. The first-order valence-electron chi connectivity index (χ1n) is 9.97. The third-order valence-electron chi connectivity index (χ3n) is 4.98. The first-order valence-corrected chi connectivity index (χ1v) is 9.97. The highest BCUT2D eigenvalue weighted by Crippen LogP contribution is 2.18. The Bertz CT molecular complexity index is 638. The second-order valence-electron chi connectivity index (χ2n) is 7.70. The van der Waals surface area contributed by atoms with Gasteiger partial charge in [0.1, 0.15) is 11.9 Å². The smallest absolute Gasteiger partial charge is 0.253 e. The van der Waals surface area contributed by atoms with Crippen molar-refractivity contribution in [2.75, 3.05) is 39.4 Å². The van der Waals surface area contributed by atoms with Gasteiger partial charge in [0.15, 0.2) is 0 Å². The summed E-state index contributed by atoms with van der Waals surface area (Å²) in [5, 5.41) is 0. The SMILES string of the molecule is CC(C)COc1ccc(C(=O)N2CCCN(C(=O)C3CCCO3)CC2)cc1. The Morgan fingerprint density at radius 2 is 1.78 bits per heavy atom. The van der Waals surface area contributed by atoms with Crippen molar-refractivity contribution in [3.05, 3.63) is 29.8 Å². The highest BCUT2D eigenvalue weighted by atomic mass is 16.5. The van der Waals surface area contributed by atoms with Crippen molar-refractivity contribution in [2.45, 2.75) is 39.2 Å². The molecule has 6 nitrogen and oxygen atoms in total. The maximum Gasteiger partial charge on any atom is 0.253 e. The van der Waals surface area contributed by atoms with E-state index in [1.54, 1.807) is 0 Å². The van der Waals surface area contributed by atoms with Crippen LogP contribution in [-0.2, 0) is 9.53 Å². The summed E-state index contributed by atoms with van der Waals surface area (Å²) >= 11 is 0. The fraction of sp³-hybridized carbons (Fsp3) is 0.619. The number of nitrogens with zero attached hydrogens (tertiary/aromatic N) is 2. The number of hydrogen-bond acceptors (Lipinski definition) is 4. The average molecular weight is 374 g/mol. The Morgan fingerprint density at radius 3 is 2.44 bits per heavy atom. The zero-order chi connectivity index (χ0) is 19.2. The standard InChI is InChI=1S/C21H30N2O4/c1-16(2)15-27-18-8-6-17(7-9-18)20(24)22-10-4-11-23(13-12-22)21(25)19-5-3-14-26-19/h6-9,16,19H,3-5,10-15H2,1-2H3. The lowest BCUT2D eigenvalue weighted by Gasteiger charge is -2.24. The summed E-state index contributed by atoms with van der Waals surface area (Å²) in [4.78, 5) is 29.0. The maximum absolute atomic E-state index is 12.8. The molecule has 3 rings (SSSR count). The Hall–Kier alpha value is -2.08. The van der Waals surface area contributed by atoms with Crippen molar-refractivity contribution in [3.8, 4) is 5.75 Å². The lowest BCUT2D eigenvalue weighted by atomic mass is 10.2. The van der Waals surface area contributed by atoms with E-state index in [0.717, 1.165) is 25.0 Å². The second kappa shape index (κ2) is 9.22. The van der Waals surface area contributed by atoms with E-state index >= 15 is 0 Å². The fourth-order valence-corrected chi connectivity index (χ4v) is 3.46. The van der Waals surface area contributed by atoms with Crippen LogP contribution in [0.25, 0.3) is 0 Å². The van der Waals surface area contributed by atoms with Gasteiger partial charge in [-0.1, -0.05) is 13.8 Å². The van der Waals surface area contributed by atoms with Crippen molar-refractivity contribution in [3.63, 3.8) is 0 Å². The molecule has 27 heavy (non-hydrogen) atoms. The molecule has 2 amide bonds. The molecule has 1 atom stereocenters. The molecule has 0 bridgehead atoms. The lowest BCUT2D eigenvalue weighted by molar-refractivity contribution is -0.140. The predicted octanol–water partition coefficient (Wildman–Crippen LogP) is 2.57. The molecule has 1 aromatic carbocycles. The first kappa shape index (κ1) is 19.7. The molecule has 1 aromatic rings. The summed E-state index contributed by atoms with van der Waals surface area (Å²) in [7, 11) is 0. The van der Waals surface area contributed by atoms with Crippen LogP contribution in [0.5, 0.6) is 5.75 Å². The molecular formula is C21H30N2O4. The van der Waals surface area contributed by atoms with Crippen LogP contribution >= 0.6 is 0 Å². The zero-order valence-electron chi connectivity index (χ0n) is 16.4. The van der Waals surface area contributed by atoms with Crippen LogP contribution in [0.1, 0.15) is 43.5 Å². The van der Waals surface area contributed by atoms with Gasteiger partial charge in [-0.15, -0.1) is 0 Å². The molecule has 0 spiro atoms. The molecule has 2 aliphatic heterocycles. The van der Waals surface area contributed by atoms with Crippen molar-refractivity contribution >= 4 is 11.8 Å². The van der Waals surface area contributed by atoms with E-state index in [2.05, 4.69) is 13.8 Å². The van der Waals surface area contributed by atoms with Crippen molar-refractivity contribution in [1.29, 1.82) is 0 Å². The van der Waals surface area contributed by atoms with Gasteiger partial charge in [-0.05, 0) is 49.4 Å². The summed E-state index contributed by atoms with van der Waals surface area (Å²) in [6, 6.07) is 7.33. The summed E-state index contributed by atoms with van der Waals surface area (Å²) in [6.07, 6.45) is 2.26. The van der Waals surface area contributed by atoms with Gasteiger partial charge >= 0.3 is 0 Å². The van der Waals surface area contributed by atoms with E-state index in [9.17, 15) is 9.59 Å². The zero-order valence-corrected chi connectivity index (χ0v) is 16.4. The van der Waals surface area contributed by atoms with Crippen LogP contribution in [0.15, 0.2) is 24.3 Å². The minimum absolute atomic E-state index is 0.0109. The van der Waals surface area contributed by atoms with Crippen LogP contribution in [0.4, 0.5) is 0 Å². The number of carbonyl (C=O) groups excluding carboxylic acids is 2. The van der Waals surface area contributed by atoms with Crippen LogP contribution in [0.3, 0.4) is 0 Å². The van der Waals surface area contributed by atoms with Crippen LogP contribution in [0.2, 0.25) is 0 Å². The summed E-state index contributed by atoms with van der Waals surface area (Å²) in [5.41, 5.74) is 0.658. The molecule has 0 saturated carbocycles. The monoisotopic (exact) mass is 374 g/mol. The van der Waals surface area contributed by atoms with Crippen LogP contribution < -0.4 is 4.74 Å². The minimum Gasteiger partial charge on any atom is -0.493 e. The Labute approximate surface area is 161 Å². The average Bonchev–Trinajstić information content (AvgIpc) is 3.10. The van der Waals surface area contributed by atoms with Crippen molar-refractivity contribution in [2.24, 2.45) is 5.92 Å². The van der Waals surface area contributed by atoms with Crippen LogP contribution in [0, 0.1) is 5.92 Å². The number of hydrogen-bond donors (Lipinski definition) is 0. The molecular weight excluding hydrogens is 344 g/mol. The molecule has 0 aliphatic carbocycles. The van der Waals surface area contributed by atoms with Gasteiger partial charge in [-0.25, -0.2) is 0 Å². The van der Waals surface area contributed by atoms with E-state index in [4.69, 9.17) is 9.47 Å². The Balaban J connectivity index is 1.55. The number of amides is 2. The van der Waals surface area contributed by atoms with Gasteiger partial charge in [0, 0.05) is 38.3 Å². The van der Waals surface area contributed by atoms with Gasteiger partial charge in [-0.2, -0.15) is 0 Å². The molecule has 0 aromatic heterocycles. The molecule has 148 valence electrons. The molecule has 0 N–H and O–H groups in total. The van der Waals surface area contributed by atoms with Gasteiger partial charge in [0.25, 0.3) is 11.8 Å². The molecule has 2 heterocycles. The number of ether oxygens (including phenoxy) is 2. The van der Waals surface area contributed by atoms with E-state index < -0.39 is 0 Å². The molecule has 0 radical (unpaired) electrons. The lowest BCUT2D eigenvalue weighted by Crippen LogP contribution is -2.41. The quantitative estimate of drug-likeness (QED) is 0.795. The molecule has 2 saturated heterocycles. The van der Waals surface area contributed by atoms with E-state index in [-0.39, 0.29) is 17.9 Å². The van der Waals surface area contributed by atoms with Gasteiger partial charge in [0.05, 0.1) is 6.61 Å². The molecule has 2 fully saturated rings. The summed E-state index contributed by atoms with van der Waals surface area (Å²) in [6.45, 7) is 8.01. The minimum atomic E-state index is -0.286. The fourth-order valence-electron chi connectivity index (χ4n) is 3.46. The van der Waals surface area contributed by atoms with E-state index in [1.807, 2.05) is 34.1 Å². The van der Waals surface area contributed by atoms with E-state index in [0.29, 0.717) is 50.9 Å². The molecule has 1 unspecified atom stereocenters. The highest BCUT2D eigenvalue weighted by molar-refractivity contribution is 5.94. The van der Waals surface area contributed by atoms with Gasteiger partial charge in [0.2, 0.25) is 0 Å². The maximum atomic E-state index is 12.8. The van der Waals surface area contributed by atoms with Crippen molar-refractivity contribution in [1.82, 2.24) is 9.80 Å². The topological polar surface area (TPSA) is 59.1 Å². The van der Waals surface area contributed by atoms with Gasteiger partial charge in [-0.3, -0.25) is 9.59 Å². The Morgan fingerprint density at radius 1 is 1.07 bits per heavy atom. The number of rotatable bonds is 5. The number of carbonyl (C=O) groups is 2. The van der Waals surface area contributed by atoms with Crippen molar-refractivity contribution < 1.29 is 19.1 Å². The largest absolute Gasteiger partial charge is 0.493 e. The van der Waals surface area contributed by atoms with Gasteiger partial charge < -0.3 is 19.3 Å². The summed E-state index contributed by atoms with van der Waals surface area (Å²) < 4.78 is 11.2. The number of benzene rings is 1. The Kier molecular flexibility index (Phi) is 6.72. The first-order chi connectivity index (χ1) is 13.0. The van der Waals surface area contributed by atoms with Crippen LogP contribution in [-0.4, -0.2) is 67.1 Å².